The number of hydrogen-bond donors (Lipinski definition) is 2. The van der Waals surface area contributed by atoms with E-state index in [-0.39, 0.29) is 5.56 Å². The number of likely N-dealkylation sites (N-methyl/N-ethyl adjacent to an activating group) is 1. The molecule has 1 fully saturated rings. The Morgan fingerprint density at radius 3 is 3.29 bits per heavy atom. The van der Waals surface area contributed by atoms with Gasteiger partial charge in [0.25, 0.3) is 5.56 Å². The third kappa shape index (κ3) is 2.79. The zero-order valence-electron chi connectivity index (χ0n) is 9.87. The van der Waals surface area contributed by atoms with Gasteiger partial charge in [0, 0.05) is 19.1 Å². The van der Waals surface area contributed by atoms with Crippen molar-refractivity contribution in [2.24, 2.45) is 0 Å². The number of aromatic nitrogens is 2. The Labute approximate surface area is 114 Å². The quantitative estimate of drug-likeness (QED) is 0.796. The molecule has 1 aliphatic rings. The van der Waals surface area contributed by atoms with Crippen LogP contribution < -0.4 is 15.8 Å². The largest absolute Gasteiger partial charge is 0.351 e. The Morgan fingerprint density at radius 1 is 1.71 bits per heavy atom. The first kappa shape index (κ1) is 12.8. The van der Waals surface area contributed by atoms with Crippen molar-refractivity contribution in [3.8, 4) is 0 Å². The summed E-state index contributed by atoms with van der Waals surface area (Å²) in [6.07, 6.45) is 3.82. The summed E-state index contributed by atoms with van der Waals surface area (Å²) in [4.78, 5) is 20.7. The number of nitrogens with zero attached hydrogens (tertiary/aromatic N) is 2. The van der Waals surface area contributed by atoms with Gasteiger partial charge in [0.15, 0.2) is 0 Å². The molecule has 17 heavy (non-hydrogen) atoms. The minimum Gasteiger partial charge on any atom is -0.351 e. The lowest BCUT2D eigenvalue weighted by Crippen LogP contribution is -2.39. The van der Waals surface area contributed by atoms with E-state index in [0.29, 0.717) is 9.61 Å². The molecule has 0 saturated carbocycles. The summed E-state index contributed by atoms with van der Waals surface area (Å²) < 4.78 is 0.688. The molecule has 1 aliphatic heterocycles. The van der Waals surface area contributed by atoms with Gasteiger partial charge in [-0.1, -0.05) is 6.92 Å². The summed E-state index contributed by atoms with van der Waals surface area (Å²) in [6, 6.07) is 0.456. The summed E-state index contributed by atoms with van der Waals surface area (Å²) in [5.41, 5.74) is -0.0512. The van der Waals surface area contributed by atoms with Crippen molar-refractivity contribution < 1.29 is 0 Å². The number of halogens is 1. The SMILES string of the molecule is CCNCC1CCCN1c1nc[nH]c(=O)c1I. The summed E-state index contributed by atoms with van der Waals surface area (Å²) >= 11 is 2.07. The van der Waals surface area contributed by atoms with Gasteiger partial charge in [-0.2, -0.15) is 0 Å². The maximum Gasteiger partial charge on any atom is 0.266 e. The van der Waals surface area contributed by atoms with Crippen LogP contribution in [0.3, 0.4) is 0 Å². The van der Waals surface area contributed by atoms with Crippen molar-refractivity contribution in [2.45, 2.75) is 25.8 Å². The van der Waals surface area contributed by atoms with Gasteiger partial charge in [0.05, 0.1) is 6.33 Å². The topological polar surface area (TPSA) is 61.0 Å². The Kier molecular flexibility index (Phi) is 4.38. The molecule has 6 heteroatoms. The van der Waals surface area contributed by atoms with E-state index in [1.54, 1.807) is 0 Å². The van der Waals surface area contributed by atoms with Crippen LogP contribution in [0.2, 0.25) is 0 Å². The predicted molar refractivity (Wildman–Crippen MR) is 76.5 cm³/mol. The van der Waals surface area contributed by atoms with E-state index in [4.69, 9.17) is 0 Å². The Morgan fingerprint density at radius 2 is 2.53 bits per heavy atom. The fourth-order valence-corrected chi connectivity index (χ4v) is 2.82. The maximum atomic E-state index is 11.6. The molecule has 0 aromatic carbocycles. The zero-order valence-corrected chi connectivity index (χ0v) is 12.0. The van der Waals surface area contributed by atoms with Crippen molar-refractivity contribution in [3.05, 3.63) is 20.3 Å². The molecule has 1 saturated heterocycles. The molecule has 1 aromatic heterocycles. The average molecular weight is 348 g/mol. The first-order valence-corrected chi connectivity index (χ1v) is 7.02. The molecule has 1 atom stereocenters. The van der Waals surface area contributed by atoms with E-state index in [2.05, 4.69) is 49.7 Å². The van der Waals surface area contributed by atoms with Gasteiger partial charge in [-0.3, -0.25) is 4.79 Å². The molecule has 0 radical (unpaired) electrons. The highest BCUT2D eigenvalue weighted by Gasteiger charge is 2.27. The second-order valence-electron chi connectivity index (χ2n) is 4.17. The molecule has 1 unspecified atom stereocenters. The lowest BCUT2D eigenvalue weighted by molar-refractivity contribution is 0.583. The van der Waals surface area contributed by atoms with Gasteiger partial charge in [0.2, 0.25) is 0 Å². The minimum atomic E-state index is -0.0512. The van der Waals surface area contributed by atoms with E-state index in [1.165, 1.54) is 12.7 Å². The molecule has 0 spiro atoms. The highest BCUT2D eigenvalue weighted by Crippen LogP contribution is 2.25. The van der Waals surface area contributed by atoms with Crippen LogP contribution in [-0.4, -0.2) is 35.6 Å². The van der Waals surface area contributed by atoms with E-state index in [9.17, 15) is 4.79 Å². The molecule has 2 rings (SSSR count). The first-order valence-electron chi connectivity index (χ1n) is 5.94. The Hall–Kier alpha value is -0.630. The molecule has 5 nitrogen and oxygen atoms in total. The predicted octanol–water partition coefficient (Wildman–Crippen LogP) is 0.953. The van der Waals surface area contributed by atoms with Crippen LogP contribution in [0.4, 0.5) is 5.82 Å². The summed E-state index contributed by atoms with van der Waals surface area (Å²) in [5, 5.41) is 3.37. The van der Waals surface area contributed by atoms with Crippen LogP contribution in [0.5, 0.6) is 0 Å². The van der Waals surface area contributed by atoms with Crippen molar-refractivity contribution in [3.63, 3.8) is 0 Å². The van der Waals surface area contributed by atoms with Crippen molar-refractivity contribution in [2.75, 3.05) is 24.5 Å². The monoisotopic (exact) mass is 348 g/mol. The van der Waals surface area contributed by atoms with Gasteiger partial charge in [0.1, 0.15) is 9.39 Å². The maximum absolute atomic E-state index is 11.6. The number of nitrogens with one attached hydrogen (secondary N) is 2. The van der Waals surface area contributed by atoms with Gasteiger partial charge < -0.3 is 15.2 Å². The molecule has 2 N–H and O–H groups in total. The second-order valence-corrected chi connectivity index (χ2v) is 5.25. The third-order valence-electron chi connectivity index (χ3n) is 3.06. The third-order valence-corrected chi connectivity index (χ3v) is 4.03. The van der Waals surface area contributed by atoms with Crippen molar-refractivity contribution in [1.82, 2.24) is 15.3 Å². The number of anilines is 1. The van der Waals surface area contributed by atoms with E-state index >= 15 is 0 Å². The minimum absolute atomic E-state index is 0.0512. The fourth-order valence-electron chi connectivity index (χ4n) is 2.21. The summed E-state index contributed by atoms with van der Waals surface area (Å²) in [5.74, 6) is 0.828. The van der Waals surface area contributed by atoms with E-state index in [1.807, 2.05) is 0 Å². The van der Waals surface area contributed by atoms with Crippen molar-refractivity contribution >= 4 is 28.4 Å². The van der Waals surface area contributed by atoms with Gasteiger partial charge >= 0.3 is 0 Å². The number of aromatic amines is 1. The number of rotatable bonds is 4. The molecule has 0 aliphatic carbocycles. The summed E-state index contributed by atoms with van der Waals surface area (Å²) in [7, 11) is 0. The zero-order chi connectivity index (χ0) is 12.3. The smallest absolute Gasteiger partial charge is 0.266 e. The lowest BCUT2D eigenvalue weighted by Gasteiger charge is -2.26. The average Bonchev–Trinajstić information content (AvgIpc) is 2.78. The first-order chi connectivity index (χ1) is 8.24. The van der Waals surface area contributed by atoms with Crippen LogP contribution in [0, 0.1) is 3.57 Å². The van der Waals surface area contributed by atoms with Crippen LogP contribution in [0.25, 0.3) is 0 Å². The fraction of sp³-hybridized carbons (Fsp3) is 0.636. The summed E-state index contributed by atoms with van der Waals surface area (Å²) in [6.45, 7) is 5.03. The Balaban J connectivity index is 2.20. The molecule has 0 amide bonds. The van der Waals surface area contributed by atoms with Gasteiger partial charge in [-0.25, -0.2) is 4.98 Å². The molecular weight excluding hydrogens is 331 g/mol. The molecule has 1 aromatic rings. The molecule has 94 valence electrons. The second kappa shape index (κ2) is 5.81. The van der Waals surface area contributed by atoms with Crippen LogP contribution in [-0.2, 0) is 0 Å². The standard InChI is InChI=1S/C11H17IN4O/c1-2-13-6-8-4-3-5-16(8)10-9(12)11(17)15-7-14-10/h7-8,13H,2-6H2,1H3,(H,14,15,17). The van der Waals surface area contributed by atoms with Crippen LogP contribution in [0.15, 0.2) is 11.1 Å². The molecule has 2 heterocycles. The highest BCUT2D eigenvalue weighted by atomic mass is 127. The molecule has 0 bridgehead atoms. The number of hydrogen-bond acceptors (Lipinski definition) is 4. The van der Waals surface area contributed by atoms with E-state index < -0.39 is 0 Å². The molecular formula is C11H17IN4O. The van der Waals surface area contributed by atoms with E-state index in [0.717, 1.165) is 31.9 Å². The van der Waals surface area contributed by atoms with Gasteiger partial charge in [-0.05, 0) is 42.0 Å². The van der Waals surface area contributed by atoms with Crippen molar-refractivity contribution in [1.29, 1.82) is 0 Å². The number of H-pyrrole nitrogens is 1. The normalized spacial score (nSPS) is 19.9. The Bertz CT molecular complexity index is 434. The van der Waals surface area contributed by atoms with Crippen LogP contribution >= 0.6 is 22.6 Å². The van der Waals surface area contributed by atoms with Crippen LogP contribution in [0.1, 0.15) is 19.8 Å². The lowest BCUT2D eigenvalue weighted by atomic mass is 10.2. The van der Waals surface area contributed by atoms with Gasteiger partial charge in [-0.15, -0.1) is 0 Å². The highest BCUT2D eigenvalue weighted by molar-refractivity contribution is 14.1.